The average molecular weight is 317 g/mol. The van der Waals surface area contributed by atoms with Crippen molar-refractivity contribution < 1.29 is 14.3 Å². The molecule has 1 rings (SSSR count). The van der Waals surface area contributed by atoms with Crippen molar-refractivity contribution in [1.29, 1.82) is 0 Å². The molecule has 0 aliphatic heterocycles. The van der Waals surface area contributed by atoms with Gasteiger partial charge in [0.05, 0.1) is 20.3 Å². The lowest BCUT2D eigenvalue weighted by Gasteiger charge is -2.15. The van der Waals surface area contributed by atoms with Crippen LogP contribution in [0.4, 0.5) is 0 Å². The standard InChI is InChI=1S/C15H24N2O3.ClH/c1-10(2)7-12(16)15(18)17-9-11-5-6-13(19-3)14(8-11)20-4;/h5-6,8,10,12H,7,9,16H2,1-4H3,(H,17,18);1H/t12-;/m0./s1. The van der Waals surface area contributed by atoms with Gasteiger partial charge in [0, 0.05) is 6.54 Å². The summed E-state index contributed by atoms with van der Waals surface area (Å²) in [7, 11) is 3.17. The zero-order valence-electron chi connectivity index (χ0n) is 13.0. The lowest BCUT2D eigenvalue weighted by atomic mass is 10.0. The predicted octanol–water partition coefficient (Wildman–Crippen LogP) is 2.12. The molecule has 120 valence electrons. The van der Waals surface area contributed by atoms with Crippen molar-refractivity contribution in [2.75, 3.05) is 14.2 Å². The maximum Gasteiger partial charge on any atom is 0.237 e. The Hall–Kier alpha value is -1.46. The Kier molecular flexibility index (Phi) is 8.81. The monoisotopic (exact) mass is 316 g/mol. The summed E-state index contributed by atoms with van der Waals surface area (Å²) in [5.41, 5.74) is 6.77. The molecule has 0 bridgehead atoms. The molecule has 0 aliphatic rings. The lowest BCUT2D eigenvalue weighted by Crippen LogP contribution is -2.41. The molecule has 21 heavy (non-hydrogen) atoms. The van der Waals surface area contributed by atoms with E-state index in [0.717, 1.165) is 5.56 Å². The van der Waals surface area contributed by atoms with Crippen molar-refractivity contribution in [2.24, 2.45) is 11.7 Å². The molecule has 0 radical (unpaired) electrons. The minimum absolute atomic E-state index is 0. The highest BCUT2D eigenvalue weighted by molar-refractivity contribution is 5.85. The van der Waals surface area contributed by atoms with E-state index < -0.39 is 6.04 Å². The summed E-state index contributed by atoms with van der Waals surface area (Å²) in [4.78, 5) is 11.8. The summed E-state index contributed by atoms with van der Waals surface area (Å²) >= 11 is 0. The number of amides is 1. The molecular formula is C15H25ClN2O3. The summed E-state index contributed by atoms with van der Waals surface area (Å²) in [5.74, 6) is 1.58. The summed E-state index contributed by atoms with van der Waals surface area (Å²) in [6.45, 7) is 4.51. The van der Waals surface area contributed by atoms with E-state index in [1.54, 1.807) is 14.2 Å². The topological polar surface area (TPSA) is 73.6 Å². The number of nitrogens with one attached hydrogen (secondary N) is 1. The quantitative estimate of drug-likeness (QED) is 0.808. The number of carbonyl (C=O) groups is 1. The van der Waals surface area contributed by atoms with E-state index in [1.165, 1.54) is 0 Å². The molecule has 0 fully saturated rings. The first-order valence-corrected chi connectivity index (χ1v) is 6.72. The maximum absolute atomic E-state index is 11.8. The van der Waals surface area contributed by atoms with Crippen LogP contribution in [0.5, 0.6) is 11.5 Å². The molecule has 0 aromatic heterocycles. The van der Waals surface area contributed by atoms with Gasteiger partial charge in [0.15, 0.2) is 11.5 Å². The SMILES string of the molecule is COc1ccc(CNC(=O)[C@@H](N)CC(C)C)cc1OC.Cl. The van der Waals surface area contributed by atoms with Crippen LogP contribution in [0.2, 0.25) is 0 Å². The number of hydrogen-bond acceptors (Lipinski definition) is 4. The van der Waals surface area contributed by atoms with Gasteiger partial charge >= 0.3 is 0 Å². The highest BCUT2D eigenvalue weighted by Crippen LogP contribution is 2.27. The smallest absolute Gasteiger partial charge is 0.237 e. The van der Waals surface area contributed by atoms with E-state index in [2.05, 4.69) is 5.32 Å². The number of hydrogen-bond donors (Lipinski definition) is 2. The first kappa shape index (κ1) is 19.5. The van der Waals surface area contributed by atoms with Crippen LogP contribution in [0.3, 0.4) is 0 Å². The largest absolute Gasteiger partial charge is 0.493 e. The molecule has 1 aromatic carbocycles. The fourth-order valence-corrected chi connectivity index (χ4v) is 1.93. The molecule has 0 spiro atoms. The Labute approximate surface area is 132 Å². The van der Waals surface area contributed by atoms with Crippen molar-refractivity contribution in [1.82, 2.24) is 5.32 Å². The molecule has 0 unspecified atom stereocenters. The molecule has 3 N–H and O–H groups in total. The molecular weight excluding hydrogens is 292 g/mol. The second-order valence-corrected chi connectivity index (χ2v) is 5.14. The van der Waals surface area contributed by atoms with Crippen molar-refractivity contribution in [3.8, 4) is 11.5 Å². The van der Waals surface area contributed by atoms with Crippen LogP contribution in [0.1, 0.15) is 25.8 Å². The van der Waals surface area contributed by atoms with Crippen LogP contribution in [0.25, 0.3) is 0 Å². The zero-order valence-corrected chi connectivity index (χ0v) is 13.8. The Morgan fingerprint density at radius 1 is 1.24 bits per heavy atom. The van der Waals surface area contributed by atoms with E-state index in [4.69, 9.17) is 15.2 Å². The van der Waals surface area contributed by atoms with Crippen LogP contribution >= 0.6 is 12.4 Å². The Morgan fingerprint density at radius 2 is 1.86 bits per heavy atom. The molecule has 6 heteroatoms. The zero-order chi connectivity index (χ0) is 15.1. The van der Waals surface area contributed by atoms with E-state index in [1.807, 2.05) is 32.0 Å². The van der Waals surface area contributed by atoms with Gasteiger partial charge in [-0.25, -0.2) is 0 Å². The Morgan fingerprint density at radius 3 is 2.38 bits per heavy atom. The summed E-state index contributed by atoms with van der Waals surface area (Å²) in [5, 5.41) is 2.83. The van der Waals surface area contributed by atoms with Crippen LogP contribution in [0.15, 0.2) is 18.2 Å². The van der Waals surface area contributed by atoms with Gasteiger partial charge < -0.3 is 20.5 Å². The number of carbonyl (C=O) groups excluding carboxylic acids is 1. The van der Waals surface area contributed by atoms with E-state index in [0.29, 0.717) is 30.4 Å². The number of nitrogens with two attached hydrogens (primary N) is 1. The average Bonchev–Trinajstić information content (AvgIpc) is 2.43. The number of halogens is 1. The molecule has 0 saturated carbocycles. The summed E-state index contributed by atoms with van der Waals surface area (Å²) in [6.07, 6.45) is 0.678. The molecule has 0 aliphatic carbocycles. The van der Waals surface area contributed by atoms with Crippen molar-refractivity contribution in [2.45, 2.75) is 32.9 Å². The van der Waals surface area contributed by atoms with Crippen LogP contribution in [0, 0.1) is 5.92 Å². The van der Waals surface area contributed by atoms with Crippen LogP contribution in [-0.4, -0.2) is 26.2 Å². The molecule has 1 amide bonds. The molecule has 1 atom stereocenters. The van der Waals surface area contributed by atoms with E-state index in [9.17, 15) is 4.79 Å². The first-order chi connectivity index (χ1) is 9.47. The minimum atomic E-state index is -0.463. The summed E-state index contributed by atoms with van der Waals surface area (Å²) in [6, 6.07) is 5.08. The van der Waals surface area contributed by atoms with Gasteiger partial charge in [-0.05, 0) is 30.0 Å². The number of rotatable bonds is 7. The van der Waals surface area contributed by atoms with Crippen molar-refractivity contribution in [3.63, 3.8) is 0 Å². The van der Waals surface area contributed by atoms with Gasteiger partial charge in [-0.2, -0.15) is 0 Å². The van der Waals surface area contributed by atoms with E-state index >= 15 is 0 Å². The van der Waals surface area contributed by atoms with Crippen LogP contribution in [-0.2, 0) is 11.3 Å². The Balaban J connectivity index is 0.00000400. The fourth-order valence-electron chi connectivity index (χ4n) is 1.93. The second kappa shape index (κ2) is 9.47. The third-order valence-corrected chi connectivity index (χ3v) is 2.98. The predicted molar refractivity (Wildman–Crippen MR) is 86.1 cm³/mol. The second-order valence-electron chi connectivity index (χ2n) is 5.14. The van der Waals surface area contributed by atoms with Crippen molar-refractivity contribution in [3.05, 3.63) is 23.8 Å². The highest BCUT2D eigenvalue weighted by atomic mass is 35.5. The third-order valence-electron chi connectivity index (χ3n) is 2.98. The maximum atomic E-state index is 11.8. The summed E-state index contributed by atoms with van der Waals surface area (Å²) < 4.78 is 10.4. The number of benzene rings is 1. The van der Waals surface area contributed by atoms with Gasteiger partial charge in [-0.3, -0.25) is 4.79 Å². The van der Waals surface area contributed by atoms with Crippen LogP contribution < -0.4 is 20.5 Å². The van der Waals surface area contributed by atoms with E-state index in [-0.39, 0.29) is 18.3 Å². The van der Waals surface area contributed by atoms with Gasteiger partial charge in [-0.1, -0.05) is 19.9 Å². The number of ether oxygens (including phenoxy) is 2. The molecule has 5 nitrogen and oxygen atoms in total. The normalized spacial score (nSPS) is 11.5. The number of methoxy groups -OCH3 is 2. The Bertz CT molecular complexity index is 453. The molecule has 1 aromatic rings. The minimum Gasteiger partial charge on any atom is -0.493 e. The fraction of sp³-hybridized carbons (Fsp3) is 0.533. The lowest BCUT2D eigenvalue weighted by molar-refractivity contribution is -0.122. The third kappa shape index (κ3) is 6.23. The molecule has 0 saturated heterocycles. The van der Waals surface area contributed by atoms with Crippen molar-refractivity contribution >= 4 is 18.3 Å². The van der Waals surface area contributed by atoms with Gasteiger partial charge in [0.25, 0.3) is 0 Å². The van der Waals surface area contributed by atoms with Gasteiger partial charge in [-0.15, -0.1) is 12.4 Å². The molecule has 0 heterocycles. The van der Waals surface area contributed by atoms with Gasteiger partial charge in [0.2, 0.25) is 5.91 Å². The van der Waals surface area contributed by atoms with Gasteiger partial charge in [0.1, 0.15) is 0 Å². The first-order valence-electron chi connectivity index (χ1n) is 6.72. The highest BCUT2D eigenvalue weighted by Gasteiger charge is 2.14.